The molecule has 2 heterocycles. The third-order valence-corrected chi connectivity index (χ3v) is 6.40. The van der Waals surface area contributed by atoms with Crippen molar-refractivity contribution < 1.29 is 19.1 Å². The van der Waals surface area contributed by atoms with Crippen molar-refractivity contribution in [2.45, 2.75) is 24.8 Å². The number of benzene rings is 1. The van der Waals surface area contributed by atoms with E-state index < -0.39 is 5.97 Å². The average Bonchev–Trinajstić information content (AvgIpc) is 3.03. The number of thioether (sulfide) groups is 1. The zero-order valence-electron chi connectivity index (χ0n) is 15.1. The summed E-state index contributed by atoms with van der Waals surface area (Å²) < 4.78 is 4.92. The van der Waals surface area contributed by atoms with Crippen LogP contribution >= 0.6 is 23.1 Å². The first kappa shape index (κ1) is 19.4. The van der Waals surface area contributed by atoms with Gasteiger partial charge in [-0.2, -0.15) is 0 Å². The maximum absolute atomic E-state index is 12.4. The summed E-state index contributed by atoms with van der Waals surface area (Å²) in [6, 6.07) is 9.65. The fourth-order valence-corrected chi connectivity index (χ4v) is 4.89. The van der Waals surface area contributed by atoms with Gasteiger partial charge in [0.15, 0.2) is 0 Å². The van der Waals surface area contributed by atoms with Gasteiger partial charge >= 0.3 is 5.97 Å². The molecule has 2 aromatic rings. The van der Waals surface area contributed by atoms with Crippen LogP contribution < -0.4 is 5.32 Å². The molecule has 1 aromatic heterocycles. The van der Waals surface area contributed by atoms with Crippen molar-refractivity contribution in [3.63, 3.8) is 0 Å². The van der Waals surface area contributed by atoms with Gasteiger partial charge in [0.1, 0.15) is 5.00 Å². The minimum absolute atomic E-state index is 0.00138. The number of nitrogens with one attached hydrogen (secondary N) is 1. The Bertz CT molecular complexity index is 864. The number of hydrogen-bond acceptors (Lipinski definition) is 6. The standard InChI is InChI=1S/C19H20N2O4S2/c1-12(22)21-9-8-14-15(10-21)27-18(17(14)19(24)25-2)20-16(23)11-26-13-6-4-3-5-7-13/h3-7H,8-11H2,1-2H3,(H,20,23). The number of esters is 1. The van der Waals surface area contributed by atoms with Crippen molar-refractivity contribution in [1.82, 2.24) is 4.90 Å². The smallest absolute Gasteiger partial charge is 0.341 e. The molecular weight excluding hydrogens is 384 g/mol. The first-order chi connectivity index (χ1) is 13.0. The summed E-state index contributed by atoms with van der Waals surface area (Å²) in [7, 11) is 1.33. The molecule has 142 valence electrons. The number of fused-ring (bicyclic) bond motifs is 1. The Morgan fingerprint density at radius 1 is 1.26 bits per heavy atom. The van der Waals surface area contributed by atoms with Crippen LogP contribution in [0.5, 0.6) is 0 Å². The predicted molar refractivity (Wildman–Crippen MR) is 106 cm³/mol. The Balaban J connectivity index is 1.77. The first-order valence-corrected chi connectivity index (χ1v) is 10.3. The number of ether oxygens (including phenoxy) is 1. The molecule has 0 radical (unpaired) electrons. The molecule has 1 aliphatic heterocycles. The van der Waals surface area contributed by atoms with Gasteiger partial charge < -0.3 is 15.0 Å². The van der Waals surface area contributed by atoms with Crippen molar-refractivity contribution in [3.8, 4) is 0 Å². The van der Waals surface area contributed by atoms with Crippen molar-refractivity contribution >= 4 is 45.9 Å². The first-order valence-electron chi connectivity index (χ1n) is 8.45. The molecule has 0 unspecified atom stereocenters. The van der Waals surface area contributed by atoms with E-state index in [9.17, 15) is 14.4 Å². The Hall–Kier alpha value is -2.32. The molecule has 6 nitrogen and oxygen atoms in total. The second kappa shape index (κ2) is 8.58. The maximum Gasteiger partial charge on any atom is 0.341 e. The monoisotopic (exact) mass is 404 g/mol. The molecule has 0 spiro atoms. The number of thiophene rings is 1. The quantitative estimate of drug-likeness (QED) is 0.612. The van der Waals surface area contributed by atoms with Gasteiger partial charge in [-0.05, 0) is 24.1 Å². The summed E-state index contributed by atoms with van der Waals surface area (Å²) in [6.07, 6.45) is 0.574. The Morgan fingerprint density at radius 2 is 2.00 bits per heavy atom. The lowest BCUT2D eigenvalue weighted by Crippen LogP contribution is -2.33. The van der Waals surface area contributed by atoms with Crippen molar-refractivity contribution in [3.05, 3.63) is 46.3 Å². The maximum atomic E-state index is 12.4. The normalized spacial score (nSPS) is 13.0. The van der Waals surface area contributed by atoms with E-state index in [1.165, 1.54) is 37.1 Å². The second-order valence-electron chi connectivity index (χ2n) is 6.04. The number of nitrogens with zero attached hydrogens (tertiary/aromatic N) is 1. The molecule has 3 rings (SSSR count). The minimum Gasteiger partial charge on any atom is -0.465 e. The number of carbonyl (C=O) groups is 3. The minimum atomic E-state index is -0.463. The molecule has 1 N–H and O–H groups in total. The van der Waals surface area contributed by atoms with Crippen LogP contribution in [0.4, 0.5) is 5.00 Å². The fourth-order valence-electron chi connectivity index (χ4n) is 2.91. The van der Waals surface area contributed by atoms with Gasteiger partial charge in [0.05, 0.1) is 25.0 Å². The Labute approximate surface area is 165 Å². The molecular formula is C19H20N2O4S2. The van der Waals surface area contributed by atoms with Gasteiger partial charge in [0.25, 0.3) is 0 Å². The number of anilines is 1. The molecule has 0 saturated carbocycles. The van der Waals surface area contributed by atoms with Crippen LogP contribution in [0.3, 0.4) is 0 Å². The molecule has 8 heteroatoms. The molecule has 2 amide bonds. The summed E-state index contributed by atoms with van der Waals surface area (Å²) in [5, 5.41) is 3.35. The van der Waals surface area contributed by atoms with E-state index >= 15 is 0 Å². The number of rotatable bonds is 5. The highest BCUT2D eigenvalue weighted by Gasteiger charge is 2.29. The molecule has 1 aromatic carbocycles. The van der Waals surface area contributed by atoms with Gasteiger partial charge in [0.2, 0.25) is 11.8 Å². The van der Waals surface area contributed by atoms with E-state index in [1.807, 2.05) is 30.3 Å². The summed E-state index contributed by atoms with van der Waals surface area (Å²) in [5.41, 5.74) is 1.29. The van der Waals surface area contributed by atoms with E-state index in [2.05, 4.69) is 5.32 Å². The summed E-state index contributed by atoms with van der Waals surface area (Å²) in [4.78, 5) is 40.0. The van der Waals surface area contributed by atoms with Crippen LogP contribution in [0.1, 0.15) is 27.7 Å². The lowest BCUT2D eigenvalue weighted by Gasteiger charge is -2.25. The average molecular weight is 405 g/mol. The largest absolute Gasteiger partial charge is 0.465 e. The molecule has 0 saturated heterocycles. The van der Waals surface area contributed by atoms with Crippen LogP contribution in [-0.2, 0) is 27.3 Å². The highest BCUT2D eigenvalue weighted by Crippen LogP contribution is 2.37. The van der Waals surface area contributed by atoms with Crippen molar-refractivity contribution in [2.24, 2.45) is 0 Å². The van der Waals surface area contributed by atoms with Gasteiger partial charge in [-0.3, -0.25) is 9.59 Å². The summed E-state index contributed by atoms with van der Waals surface area (Å²) in [6.45, 7) is 2.54. The number of hydrogen-bond donors (Lipinski definition) is 1. The third kappa shape index (κ3) is 4.51. The van der Waals surface area contributed by atoms with Gasteiger partial charge in [-0.1, -0.05) is 18.2 Å². The van der Waals surface area contributed by atoms with Gasteiger partial charge in [-0.15, -0.1) is 23.1 Å². The van der Waals surface area contributed by atoms with E-state index in [0.29, 0.717) is 30.1 Å². The van der Waals surface area contributed by atoms with Gasteiger partial charge in [0, 0.05) is 23.2 Å². The number of carbonyl (C=O) groups excluding carboxylic acids is 3. The molecule has 27 heavy (non-hydrogen) atoms. The SMILES string of the molecule is COC(=O)c1c(NC(=O)CSc2ccccc2)sc2c1CCN(C(C)=O)C2. The van der Waals surface area contributed by atoms with E-state index in [0.717, 1.165) is 15.3 Å². The molecule has 0 fully saturated rings. The third-order valence-electron chi connectivity index (χ3n) is 4.26. The topological polar surface area (TPSA) is 75.7 Å². The predicted octanol–water partition coefficient (Wildman–Crippen LogP) is 3.17. The van der Waals surface area contributed by atoms with Crippen molar-refractivity contribution in [2.75, 3.05) is 24.7 Å². The zero-order valence-corrected chi connectivity index (χ0v) is 16.7. The Kier molecular flexibility index (Phi) is 6.18. The van der Waals surface area contributed by atoms with Crippen LogP contribution in [0.2, 0.25) is 0 Å². The van der Waals surface area contributed by atoms with Crippen LogP contribution in [0, 0.1) is 0 Å². The molecule has 0 bridgehead atoms. The number of methoxy groups -OCH3 is 1. The summed E-state index contributed by atoms with van der Waals surface area (Å²) in [5.74, 6) is -0.406. The van der Waals surface area contributed by atoms with E-state index in [-0.39, 0.29) is 17.6 Å². The fraction of sp³-hybridized carbons (Fsp3) is 0.316. The lowest BCUT2D eigenvalue weighted by atomic mass is 10.0. The van der Waals surface area contributed by atoms with Crippen LogP contribution in [-0.4, -0.2) is 42.1 Å². The van der Waals surface area contributed by atoms with E-state index in [4.69, 9.17) is 4.74 Å². The molecule has 0 atom stereocenters. The lowest BCUT2D eigenvalue weighted by molar-refractivity contribution is -0.129. The second-order valence-corrected chi connectivity index (χ2v) is 8.19. The Morgan fingerprint density at radius 3 is 2.67 bits per heavy atom. The summed E-state index contributed by atoms with van der Waals surface area (Å²) >= 11 is 2.77. The van der Waals surface area contributed by atoms with Crippen LogP contribution in [0.15, 0.2) is 35.2 Å². The highest BCUT2D eigenvalue weighted by atomic mass is 32.2. The van der Waals surface area contributed by atoms with Crippen molar-refractivity contribution in [1.29, 1.82) is 0 Å². The molecule has 1 aliphatic rings. The highest BCUT2D eigenvalue weighted by molar-refractivity contribution is 8.00. The zero-order chi connectivity index (χ0) is 19.4. The number of amides is 2. The molecule has 0 aliphatic carbocycles. The van der Waals surface area contributed by atoms with E-state index in [1.54, 1.807) is 4.90 Å². The van der Waals surface area contributed by atoms with Crippen LogP contribution in [0.25, 0.3) is 0 Å². The van der Waals surface area contributed by atoms with Gasteiger partial charge in [-0.25, -0.2) is 4.79 Å².